The number of carbonyl (C=O) groups excluding carboxylic acids is 2. The van der Waals surface area contributed by atoms with E-state index in [9.17, 15) is 9.59 Å². The molecule has 0 saturated heterocycles. The van der Waals surface area contributed by atoms with Gasteiger partial charge in [-0.1, -0.05) is 35.3 Å². The first-order valence-electron chi connectivity index (χ1n) is 10.3. The Morgan fingerprint density at radius 3 is 2.24 bits per heavy atom. The van der Waals surface area contributed by atoms with Gasteiger partial charge in [-0.15, -0.1) is 0 Å². The molecular formula is C26H20Cl2O6. The van der Waals surface area contributed by atoms with E-state index >= 15 is 0 Å². The summed E-state index contributed by atoms with van der Waals surface area (Å²) in [6.45, 7) is 0.0803. The molecular weight excluding hydrogens is 479 g/mol. The number of ether oxygens (including phenoxy) is 4. The maximum Gasteiger partial charge on any atom is 0.338 e. The van der Waals surface area contributed by atoms with Crippen molar-refractivity contribution >= 4 is 40.5 Å². The number of ketones is 1. The summed E-state index contributed by atoms with van der Waals surface area (Å²) >= 11 is 12.3. The molecule has 8 heteroatoms. The minimum absolute atomic E-state index is 0.0803. The Morgan fingerprint density at radius 1 is 0.853 bits per heavy atom. The molecule has 0 aliphatic carbocycles. The smallest absolute Gasteiger partial charge is 0.338 e. The molecule has 34 heavy (non-hydrogen) atoms. The Bertz CT molecular complexity index is 1280. The highest BCUT2D eigenvalue weighted by atomic mass is 35.5. The lowest BCUT2D eigenvalue weighted by atomic mass is 9.89. The lowest BCUT2D eigenvalue weighted by Crippen LogP contribution is -2.15. The second-order valence-corrected chi connectivity index (χ2v) is 8.21. The van der Waals surface area contributed by atoms with Gasteiger partial charge in [0, 0.05) is 17.6 Å². The predicted molar refractivity (Wildman–Crippen MR) is 129 cm³/mol. The van der Waals surface area contributed by atoms with E-state index in [1.807, 2.05) is 0 Å². The zero-order chi connectivity index (χ0) is 24.2. The summed E-state index contributed by atoms with van der Waals surface area (Å²) in [7, 11) is 2.81. The van der Waals surface area contributed by atoms with Gasteiger partial charge >= 0.3 is 5.97 Å². The molecule has 3 aromatic carbocycles. The van der Waals surface area contributed by atoms with Crippen molar-refractivity contribution in [3.63, 3.8) is 0 Å². The number of esters is 1. The summed E-state index contributed by atoms with van der Waals surface area (Å²) in [6.07, 6.45) is 0.112. The van der Waals surface area contributed by atoms with Crippen LogP contribution in [-0.4, -0.2) is 32.8 Å². The lowest BCUT2D eigenvalue weighted by molar-refractivity contribution is -0.133. The van der Waals surface area contributed by atoms with Crippen molar-refractivity contribution in [3.05, 3.63) is 93.0 Å². The number of Topliss-reactive ketones (excluding diaryl/α,β-unsaturated/α-hetero) is 1. The van der Waals surface area contributed by atoms with E-state index in [0.29, 0.717) is 44.0 Å². The van der Waals surface area contributed by atoms with Crippen molar-refractivity contribution in [2.75, 3.05) is 21.0 Å². The second kappa shape index (κ2) is 10.2. The summed E-state index contributed by atoms with van der Waals surface area (Å²) in [5.74, 6) is 0.642. The highest BCUT2D eigenvalue weighted by Gasteiger charge is 2.26. The summed E-state index contributed by atoms with van der Waals surface area (Å²) in [5, 5.41) is 0.736. The average molecular weight is 499 g/mol. The number of methoxy groups -OCH3 is 2. The fraction of sp³-hybridized carbons (Fsp3) is 0.154. The molecule has 0 amide bonds. The third-order valence-electron chi connectivity index (χ3n) is 5.34. The molecule has 1 heterocycles. The molecule has 3 aromatic rings. The van der Waals surface area contributed by atoms with Crippen molar-refractivity contribution in [2.45, 2.75) is 6.42 Å². The molecule has 0 bridgehead atoms. The van der Waals surface area contributed by atoms with E-state index in [-0.39, 0.29) is 30.1 Å². The Hall–Kier alpha value is -3.48. The topological polar surface area (TPSA) is 71.1 Å². The van der Waals surface area contributed by atoms with Crippen LogP contribution < -0.4 is 14.2 Å². The Kier molecular flexibility index (Phi) is 7.10. The van der Waals surface area contributed by atoms with Gasteiger partial charge in [0.1, 0.15) is 5.75 Å². The van der Waals surface area contributed by atoms with E-state index < -0.39 is 5.97 Å². The molecule has 4 rings (SSSR count). The fourth-order valence-electron chi connectivity index (χ4n) is 3.62. The first-order valence-corrected chi connectivity index (χ1v) is 11.0. The zero-order valence-electron chi connectivity index (χ0n) is 18.4. The number of hydrogen-bond acceptors (Lipinski definition) is 6. The van der Waals surface area contributed by atoms with Gasteiger partial charge in [0.25, 0.3) is 0 Å². The summed E-state index contributed by atoms with van der Waals surface area (Å²) in [4.78, 5) is 26.8. The monoisotopic (exact) mass is 498 g/mol. The quantitative estimate of drug-likeness (QED) is 0.233. The van der Waals surface area contributed by atoms with E-state index in [4.69, 9.17) is 42.1 Å². The molecule has 0 radical (unpaired) electrons. The average Bonchev–Trinajstić information content (AvgIpc) is 3.33. The van der Waals surface area contributed by atoms with Gasteiger partial charge in [-0.3, -0.25) is 4.79 Å². The minimum atomic E-state index is -0.657. The summed E-state index contributed by atoms with van der Waals surface area (Å²) < 4.78 is 21.1. The number of rotatable bonds is 7. The van der Waals surface area contributed by atoms with Crippen molar-refractivity contribution in [1.29, 1.82) is 0 Å². The highest BCUT2D eigenvalue weighted by Crippen LogP contribution is 2.37. The molecule has 0 N–H and O–H groups in total. The van der Waals surface area contributed by atoms with Crippen LogP contribution in [0.25, 0.3) is 5.57 Å². The first kappa shape index (κ1) is 23.7. The second-order valence-electron chi connectivity index (χ2n) is 7.40. The number of hydrogen-bond donors (Lipinski definition) is 0. The number of allylic oxidation sites excluding steroid dienone is 1. The first-order chi connectivity index (χ1) is 16.4. The maximum atomic E-state index is 13.7. The molecule has 0 saturated carbocycles. The molecule has 0 unspecified atom stereocenters. The molecule has 1 aliphatic rings. The Labute approximate surface area is 206 Å². The van der Waals surface area contributed by atoms with Crippen LogP contribution in [0.2, 0.25) is 10.0 Å². The van der Waals surface area contributed by atoms with Crippen LogP contribution in [-0.2, 0) is 16.0 Å². The Balaban J connectivity index is 1.89. The van der Waals surface area contributed by atoms with Crippen LogP contribution >= 0.6 is 23.2 Å². The summed E-state index contributed by atoms with van der Waals surface area (Å²) in [5.41, 5.74) is 1.90. The van der Waals surface area contributed by atoms with Gasteiger partial charge in [-0.25, -0.2) is 4.79 Å². The molecule has 0 fully saturated rings. The van der Waals surface area contributed by atoms with Gasteiger partial charge in [0.2, 0.25) is 6.79 Å². The van der Waals surface area contributed by atoms with Crippen LogP contribution in [0, 0.1) is 0 Å². The maximum absolute atomic E-state index is 13.7. The van der Waals surface area contributed by atoms with Crippen molar-refractivity contribution in [2.24, 2.45) is 0 Å². The number of fused-ring (bicyclic) bond motifs is 1. The van der Waals surface area contributed by atoms with E-state index in [1.54, 1.807) is 67.8 Å². The molecule has 0 aromatic heterocycles. The van der Waals surface area contributed by atoms with Gasteiger partial charge in [-0.05, 0) is 59.7 Å². The Morgan fingerprint density at radius 2 is 1.56 bits per heavy atom. The van der Waals surface area contributed by atoms with E-state index in [0.717, 1.165) is 0 Å². The molecule has 1 aliphatic heterocycles. The lowest BCUT2D eigenvalue weighted by Gasteiger charge is -2.15. The molecule has 174 valence electrons. The largest absolute Gasteiger partial charge is 0.497 e. The molecule has 0 spiro atoms. The van der Waals surface area contributed by atoms with Crippen molar-refractivity contribution in [1.82, 2.24) is 0 Å². The minimum Gasteiger partial charge on any atom is -0.497 e. The van der Waals surface area contributed by atoms with Crippen LogP contribution in [0.4, 0.5) is 0 Å². The zero-order valence-corrected chi connectivity index (χ0v) is 19.9. The molecule has 6 nitrogen and oxygen atoms in total. The SMILES string of the molecule is COC(=O)/C(=C(/Cc1ccc(Cl)c(Cl)c1)C(=O)c1ccc(OC)cc1)c1ccc2c(c1)OCO2. The van der Waals surface area contributed by atoms with Crippen LogP contribution in [0.3, 0.4) is 0 Å². The summed E-state index contributed by atoms with van der Waals surface area (Å²) in [6, 6.07) is 16.8. The standard InChI is InChI=1S/C26H20Cl2O6/c1-31-18-7-4-16(5-8-18)25(29)19(11-15-3-9-20(27)21(28)12-15)24(26(30)32-2)17-6-10-22-23(13-17)34-14-33-22/h3-10,12-13H,11,14H2,1-2H3/b24-19-. The van der Waals surface area contributed by atoms with Crippen LogP contribution in [0.5, 0.6) is 17.2 Å². The van der Waals surface area contributed by atoms with Gasteiger partial charge in [0.15, 0.2) is 17.3 Å². The van der Waals surface area contributed by atoms with Crippen molar-refractivity contribution < 1.29 is 28.5 Å². The van der Waals surface area contributed by atoms with Gasteiger partial charge in [-0.2, -0.15) is 0 Å². The van der Waals surface area contributed by atoms with Crippen molar-refractivity contribution in [3.8, 4) is 17.2 Å². The van der Waals surface area contributed by atoms with Gasteiger partial charge in [0.05, 0.1) is 29.8 Å². The third-order valence-corrected chi connectivity index (χ3v) is 6.08. The van der Waals surface area contributed by atoms with Crippen LogP contribution in [0.15, 0.2) is 66.2 Å². The van der Waals surface area contributed by atoms with E-state index in [1.165, 1.54) is 7.11 Å². The fourth-order valence-corrected chi connectivity index (χ4v) is 3.94. The normalized spacial score (nSPS) is 12.7. The number of halogens is 2. The van der Waals surface area contributed by atoms with Crippen LogP contribution in [0.1, 0.15) is 21.5 Å². The number of carbonyl (C=O) groups is 2. The predicted octanol–water partition coefficient (Wildman–Crippen LogP) is 5.78. The number of benzene rings is 3. The third kappa shape index (κ3) is 4.88. The van der Waals surface area contributed by atoms with E-state index in [2.05, 4.69) is 0 Å². The van der Waals surface area contributed by atoms with Gasteiger partial charge < -0.3 is 18.9 Å². The molecule has 0 atom stereocenters. The highest BCUT2D eigenvalue weighted by molar-refractivity contribution is 6.42.